The van der Waals surface area contributed by atoms with Crippen LogP contribution in [0.2, 0.25) is 0 Å². The summed E-state index contributed by atoms with van der Waals surface area (Å²) in [7, 11) is 1.93. The van der Waals surface area contributed by atoms with Gasteiger partial charge in [0.25, 0.3) is 0 Å². The molecule has 0 unspecified atom stereocenters. The zero-order valence-corrected chi connectivity index (χ0v) is 15.9. The number of urea groups is 1. The summed E-state index contributed by atoms with van der Waals surface area (Å²) in [5, 5.41) is 5.84. The van der Waals surface area contributed by atoms with Gasteiger partial charge in [0.05, 0.1) is 23.4 Å². The van der Waals surface area contributed by atoms with E-state index in [0.29, 0.717) is 12.2 Å². The summed E-state index contributed by atoms with van der Waals surface area (Å²) in [5.74, 6) is -0.250. The van der Waals surface area contributed by atoms with E-state index in [1.54, 1.807) is 18.5 Å². The number of aromatic nitrogens is 2. The summed E-state index contributed by atoms with van der Waals surface area (Å²) >= 11 is 0. The molecule has 2 heterocycles. The molecule has 1 aliphatic rings. The monoisotopic (exact) mass is 381 g/mol. The van der Waals surface area contributed by atoms with Crippen LogP contribution in [0.1, 0.15) is 24.4 Å². The summed E-state index contributed by atoms with van der Waals surface area (Å²) in [6, 6.07) is 12.0. The van der Waals surface area contributed by atoms with Crippen LogP contribution in [0.4, 0.5) is 14.9 Å². The number of carbonyl (C=O) groups is 1. The molecule has 1 fully saturated rings. The summed E-state index contributed by atoms with van der Waals surface area (Å²) in [6.45, 7) is 2.44. The van der Waals surface area contributed by atoms with Crippen LogP contribution in [0.25, 0.3) is 11.0 Å². The number of halogens is 1. The Bertz CT molecular complexity index is 963. The number of hydrogen-bond acceptors (Lipinski definition) is 3. The van der Waals surface area contributed by atoms with E-state index in [-0.39, 0.29) is 17.9 Å². The van der Waals surface area contributed by atoms with Crippen LogP contribution in [-0.2, 0) is 7.05 Å². The Kier molecular flexibility index (Phi) is 5.25. The number of fused-ring (bicyclic) bond motifs is 1. The maximum absolute atomic E-state index is 13.3. The molecule has 1 aliphatic heterocycles. The number of hydrogen-bond donors (Lipinski definition) is 2. The lowest BCUT2D eigenvalue weighted by molar-refractivity contribution is 0.227. The first-order valence-electron chi connectivity index (χ1n) is 9.55. The summed E-state index contributed by atoms with van der Waals surface area (Å²) < 4.78 is 15.2. The molecule has 1 aromatic heterocycles. The third-order valence-electron chi connectivity index (χ3n) is 5.28. The van der Waals surface area contributed by atoms with Gasteiger partial charge in [0.15, 0.2) is 0 Å². The van der Waals surface area contributed by atoms with Crippen molar-refractivity contribution in [1.82, 2.24) is 19.8 Å². The normalized spacial score (nSPS) is 15.6. The second-order valence-electron chi connectivity index (χ2n) is 7.20. The lowest BCUT2D eigenvalue weighted by Gasteiger charge is -2.28. The van der Waals surface area contributed by atoms with Crippen molar-refractivity contribution in [3.05, 3.63) is 60.2 Å². The molecule has 146 valence electrons. The van der Waals surface area contributed by atoms with E-state index in [9.17, 15) is 9.18 Å². The zero-order chi connectivity index (χ0) is 19.5. The molecule has 6 nitrogen and oxygen atoms in total. The fraction of sp³-hybridized carbons (Fsp3) is 0.333. The fourth-order valence-electron chi connectivity index (χ4n) is 3.77. The summed E-state index contributed by atoms with van der Waals surface area (Å²) in [6.07, 6.45) is 4.04. The lowest BCUT2D eigenvalue weighted by atomic mass is 10.1. The van der Waals surface area contributed by atoms with Gasteiger partial charge < -0.3 is 15.2 Å². The molecule has 4 rings (SSSR count). The Labute approximate surface area is 163 Å². The Balaban J connectivity index is 1.42. The van der Waals surface area contributed by atoms with Crippen molar-refractivity contribution in [2.24, 2.45) is 7.05 Å². The molecule has 0 aliphatic carbocycles. The molecule has 2 N–H and O–H groups in total. The number of amides is 2. The molecule has 0 radical (unpaired) electrons. The molecule has 0 saturated carbocycles. The number of nitrogens with one attached hydrogen (secondary N) is 2. The van der Waals surface area contributed by atoms with Crippen molar-refractivity contribution in [3.63, 3.8) is 0 Å². The van der Waals surface area contributed by atoms with Gasteiger partial charge in [0.1, 0.15) is 5.82 Å². The number of anilines is 1. The molecular formula is C21H24FN5O. The second-order valence-corrected chi connectivity index (χ2v) is 7.20. The average molecular weight is 381 g/mol. The first-order valence-corrected chi connectivity index (χ1v) is 9.55. The molecule has 0 bridgehead atoms. The van der Waals surface area contributed by atoms with Crippen molar-refractivity contribution in [2.45, 2.75) is 18.9 Å². The van der Waals surface area contributed by atoms with E-state index in [4.69, 9.17) is 0 Å². The SMILES string of the molecule is Cn1cnc2cc(NC(=O)NC[C@@H](c3ccc(F)cc3)N3CCCC3)ccc21. The number of likely N-dealkylation sites (tertiary alicyclic amines) is 1. The fourth-order valence-corrected chi connectivity index (χ4v) is 3.77. The lowest BCUT2D eigenvalue weighted by Crippen LogP contribution is -2.38. The first-order chi connectivity index (χ1) is 13.6. The number of benzene rings is 2. The van der Waals surface area contributed by atoms with Crippen molar-refractivity contribution in [2.75, 3.05) is 25.0 Å². The maximum Gasteiger partial charge on any atom is 0.319 e. The van der Waals surface area contributed by atoms with E-state index in [0.717, 1.165) is 42.5 Å². The van der Waals surface area contributed by atoms with Gasteiger partial charge in [0.2, 0.25) is 0 Å². The predicted octanol–water partition coefficient (Wildman–Crippen LogP) is 3.67. The van der Waals surface area contributed by atoms with Gasteiger partial charge in [0, 0.05) is 19.3 Å². The standard InChI is InChI=1S/C21H24FN5O/c1-26-14-24-18-12-17(8-9-19(18)26)25-21(28)23-13-20(27-10-2-3-11-27)15-4-6-16(22)7-5-15/h4-9,12,14,20H,2-3,10-11,13H2,1H3,(H2,23,25,28)/t20-/m0/s1. The highest BCUT2D eigenvalue weighted by molar-refractivity contribution is 5.91. The largest absolute Gasteiger partial charge is 0.336 e. The Morgan fingerprint density at radius 3 is 2.68 bits per heavy atom. The third-order valence-corrected chi connectivity index (χ3v) is 5.28. The topological polar surface area (TPSA) is 62.2 Å². The van der Waals surface area contributed by atoms with Crippen LogP contribution in [0, 0.1) is 5.82 Å². The Morgan fingerprint density at radius 2 is 1.93 bits per heavy atom. The van der Waals surface area contributed by atoms with Gasteiger partial charge in [-0.3, -0.25) is 4.90 Å². The molecule has 0 spiro atoms. The molecule has 1 saturated heterocycles. The first kappa shape index (κ1) is 18.4. The minimum absolute atomic E-state index is 0.0344. The van der Waals surface area contributed by atoms with Crippen LogP contribution < -0.4 is 10.6 Å². The molecule has 28 heavy (non-hydrogen) atoms. The predicted molar refractivity (Wildman–Crippen MR) is 108 cm³/mol. The minimum Gasteiger partial charge on any atom is -0.336 e. The van der Waals surface area contributed by atoms with Crippen LogP contribution in [0.5, 0.6) is 0 Å². The number of carbonyl (C=O) groups excluding carboxylic acids is 1. The molecule has 7 heteroatoms. The van der Waals surface area contributed by atoms with Gasteiger partial charge >= 0.3 is 6.03 Å². The van der Waals surface area contributed by atoms with Gasteiger partial charge in [-0.2, -0.15) is 0 Å². The maximum atomic E-state index is 13.3. The van der Waals surface area contributed by atoms with Crippen LogP contribution in [0.15, 0.2) is 48.8 Å². The van der Waals surface area contributed by atoms with Gasteiger partial charge in [-0.25, -0.2) is 14.2 Å². The zero-order valence-electron chi connectivity index (χ0n) is 15.9. The Hall–Kier alpha value is -2.93. The quantitative estimate of drug-likeness (QED) is 0.709. The van der Waals surface area contributed by atoms with Crippen molar-refractivity contribution < 1.29 is 9.18 Å². The Morgan fingerprint density at radius 1 is 1.18 bits per heavy atom. The van der Waals surface area contributed by atoms with Crippen molar-refractivity contribution in [3.8, 4) is 0 Å². The van der Waals surface area contributed by atoms with Crippen LogP contribution in [0.3, 0.4) is 0 Å². The molecule has 3 aromatic rings. The number of rotatable bonds is 5. The molecule has 2 aromatic carbocycles. The molecule has 1 atom stereocenters. The summed E-state index contributed by atoms with van der Waals surface area (Å²) in [4.78, 5) is 19.1. The van der Waals surface area contributed by atoms with Crippen LogP contribution >= 0.6 is 0 Å². The van der Waals surface area contributed by atoms with E-state index in [1.807, 2.05) is 29.8 Å². The van der Waals surface area contributed by atoms with E-state index in [1.165, 1.54) is 12.1 Å². The highest BCUT2D eigenvalue weighted by Gasteiger charge is 2.24. The summed E-state index contributed by atoms with van der Waals surface area (Å²) in [5.41, 5.74) is 3.56. The van der Waals surface area contributed by atoms with E-state index in [2.05, 4.69) is 20.5 Å². The van der Waals surface area contributed by atoms with E-state index < -0.39 is 0 Å². The van der Waals surface area contributed by atoms with Gasteiger partial charge in [-0.05, 0) is 61.8 Å². The van der Waals surface area contributed by atoms with Gasteiger partial charge in [-0.15, -0.1) is 0 Å². The van der Waals surface area contributed by atoms with Crippen LogP contribution in [-0.4, -0.2) is 40.1 Å². The highest BCUT2D eigenvalue weighted by atomic mass is 19.1. The molecule has 2 amide bonds. The highest BCUT2D eigenvalue weighted by Crippen LogP contribution is 2.25. The number of imidazole rings is 1. The van der Waals surface area contributed by atoms with Gasteiger partial charge in [-0.1, -0.05) is 12.1 Å². The smallest absolute Gasteiger partial charge is 0.319 e. The van der Waals surface area contributed by atoms with E-state index >= 15 is 0 Å². The average Bonchev–Trinajstić information content (AvgIpc) is 3.34. The second kappa shape index (κ2) is 7.98. The minimum atomic E-state index is -0.262. The molecular weight excluding hydrogens is 357 g/mol. The number of aryl methyl sites for hydroxylation is 1. The third kappa shape index (κ3) is 3.99. The van der Waals surface area contributed by atoms with Crippen molar-refractivity contribution >= 4 is 22.8 Å². The van der Waals surface area contributed by atoms with Crippen molar-refractivity contribution in [1.29, 1.82) is 0 Å². The number of nitrogens with zero attached hydrogens (tertiary/aromatic N) is 3.